The molecule has 0 aromatic heterocycles. The van der Waals surface area contributed by atoms with Crippen LogP contribution in [0.4, 0.5) is 13.2 Å². The normalized spacial score (nSPS) is 11.1. The van der Waals surface area contributed by atoms with E-state index in [2.05, 4.69) is 16.6 Å². The molecule has 0 bridgehead atoms. The first kappa shape index (κ1) is 14.0. The van der Waals surface area contributed by atoms with Gasteiger partial charge in [-0.15, -0.1) is 6.58 Å². The minimum absolute atomic E-state index is 0.0623. The molecule has 0 rings (SSSR count). The Bertz CT molecular complexity index is 204. The van der Waals surface area contributed by atoms with Gasteiger partial charge in [0.15, 0.2) is 0 Å². The predicted molar refractivity (Wildman–Crippen MR) is 49.3 cm³/mol. The van der Waals surface area contributed by atoms with Gasteiger partial charge < -0.3 is 10.1 Å². The Hall–Kier alpha value is -1.04. The minimum atomic E-state index is -4.33. The van der Waals surface area contributed by atoms with Crippen molar-refractivity contribution in [3.05, 3.63) is 12.7 Å². The number of rotatable bonds is 7. The molecule has 0 heterocycles. The average molecular weight is 225 g/mol. The highest BCUT2D eigenvalue weighted by Gasteiger charge is 2.27. The fourth-order valence-electron chi connectivity index (χ4n) is 0.755. The van der Waals surface area contributed by atoms with E-state index in [0.717, 1.165) is 0 Å². The number of hydrogen-bond donors (Lipinski definition) is 1. The molecule has 1 N–H and O–H groups in total. The van der Waals surface area contributed by atoms with Crippen molar-refractivity contribution in [3.63, 3.8) is 0 Å². The number of amides is 1. The van der Waals surface area contributed by atoms with Gasteiger partial charge in [-0.1, -0.05) is 6.08 Å². The first-order valence-corrected chi connectivity index (χ1v) is 4.48. The Labute approximate surface area is 86.3 Å². The van der Waals surface area contributed by atoms with E-state index < -0.39 is 12.8 Å². The molecule has 0 aromatic rings. The molecule has 0 aliphatic carbocycles. The van der Waals surface area contributed by atoms with Gasteiger partial charge in [-0.2, -0.15) is 13.2 Å². The molecule has 0 aliphatic heterocycles. The van der Waals surface area contributed by atoms with Crippen molar-refractivity contribution in [2.75, 3.05) is 19.8 Å². The molecule has 0 saturated heterocycles. The molecule has 0 radical (unpaired) electrons. The van der Waals surface area contributed by atoms with E-state index in [1.807, 2.05) is 0 Å². The molecular formula is C9H14F3NO2. The highest BCUT2D eigenvalue weighted by atomic mass is 19.4. The molecule has 3 nitrogen and oxygen atoms in total. The van der Waals surface area contributed by atoms with Crippen LogP contribution in [-0.4, -0.2) is 31.8 Å². The van der Waals surface area contributed by atoms with Gasteiger partial charge in [-0.25, -0.2) is 0 Å². The largest absolute Gasteiger partial charge is 0.411 e. The highest BCUT2D eigenvalue weighted by molar-refractivity contribution is 5.75. The van der Waals surface area contributed by atoms with Crippen molar-refractivity contribution in [2.24, 2.45) is 0 Å². The molecule has 15 heavy (non-hydrogen) atoms. The monoisotopic (exact) mass is 225 g/mol. The fourth-order valence-corrected chi connectivity index (χ4v) is 0.755. The highest BCUT2D eigenvalue weighted by Crippen LogP contribution is 2.14. The zero-order chi connectivity index (χ0) is 11.7. The standard InChI is InChI=1S/C9H14F3NO2/c1-2-3-5-13-8(14)4-6-15-7-9(10,11)12/h2H,1,3-7H2,(H,13,14). The van der Waals surface area contributed by atoms with Crippen LogP contribution in [0.25, 0.3) is 0 Å². The van der Waals surface area contributed by atoms with Crippen LogP contribution in [-0.2, 0) is 9.53 Å². The van der Waals surface area contributed by atoms with Crippen LogP contribution in [0.2, 0.25) is 0 Å². The van der Waals surface area contributed by atoms with Crippen LogP contribution in [0, 0.1) is 0 Å². The Morgan fingerprint density at radius 2 is 2.13 bits per heavy atom. The Morgan fingerprint density at radius 1 is 1.47 bits per heavy atom. The van der Waals surface area contributed by atoms with E-state index in [0.29, 0.717) is 13.0 Å². The van der Waals surface area contributed by atoms with Crippen LogP contribution in [0.5, 0.6) is 0 Å². The van der Waals surface area contributed by atoms with Gasteiger partial charge in [0, 0.05) is 13.0 Å². The SMILES string of the molecule is C=CCCNC(=O)CCOCC(F)(F)F. The summed E-state index contributed by atoms with van der Waals surface area (Å²) in [6.45, 7) is 2.37. The van der Waals surface area contributed by atoms with Crippen LogP contribution in [0.1, 0.15) is 12.8 Å². The lowest BCUT2D eigenvalue weighted by Crippen LogP contribution is -2.26. The van der Waals surface area contributed by atoms with Gasteiger partial charge in [-0.3, -0.25) is 4.79 Å². The Balaban J connectivity index is 3.35. The first-order valence-electron chi connectivity index (χ1n) is 4.48. The summed E-state index contributed by atoms with van der Waals surface area (Å²) in [5.74, 6) is -0.320. The number of alkyl halides is 3. The van der Waals surface area contributed by atoms with Crippen LogP contribution >= 0.6 is 0 Å². The smallest absolute Gasteiger partial charge is 0.372 e. The van der Waals surface area contributed by atoms with E-state index >= 15 is 0 Å². The average Bonchev–Trinajstić information content (AvgIpc) is 2.11. The number of hydrogen-bond acceptors (Lipinski definition) is 2. The minimum Gasteiger partial charge on any atom is -0.372 e. The van der Waals surface area contributed by atoms with Gasteiger partial charge in [0.1, 0.15) is 6.61 Å². The zero-order valence-corrected chi connectivity index (χ0v) is 8.27. The van der Waals surface area contributed by atoms with E-state index in [4.69, 9.17) is 0 Å². The summed E-state index contributed by atoms with van der Waals surface area (Å²) in [6, 6.07) is 0. The predicted octanol–water partition coefficient (Wildman–Crippen LogP) is 1.65. The van der Waals surface area contributed by atoms with Crippen molar-refractivity contribution in [3.8, 4) is 0 Å². The summed E-state index contributed by atoms with van der Waals surface area (Å²) in [5.41, 5.74) is 0. The molecule has 0 saturated carbocycles. The van der Waals surface area contributed by atoms with Crippen molar-refractivity contribution in [2.45, 2.75) is 19.0 Å². The van der Waals surface area contributed by atoms with E-state index in [1.54, 1.807) is 6.08 Å². The van der Waals surface area contributed by atoms with Gasteiger partial charge in [0.05, 0.1) is 6.61 Å². The third kappa shape index (κ3) is 10.9. The van der Waals surface area contributed by atoms with Crippen LogP contribution < -0.4 is 5.32 Å². The number of ether oxygens (including phenoxy) is 1. The number of nitrogens with one attached hydrogen (secondary N) is 1. The summed E-state index contributed by atoms with van der Waals surface area (Å²) in [6.07, 6.45) is -2.12. The second-order valence-corrected chi connectivity index (χ2v) is 2.85. The summed E-state index contributed by atoms with van der Waals surface area (Å²) < 4.78 is 39.0. The molecule has 0 spiro atoms. The van der Waals surface area contributed by atoms with Gasteiger partial charge in [-0.05, 0) is 6.42 Å². The topological polar surface area (TPSA) is 38.3 Å². The Kier molecular flexibility index (Phi) is 6.77. The first-order chi connectivity index (χ1) is 6.95. The summed E-state index contributed by atoms with van der Waals surface area (Å²) >= 11 is 0. The lowest BCUT2D eigenvalue weighted by Gasteiger charge is -2.07. The van der Waals surface area contributed by atoms with Gasteiger partial charge in [0.25, 0.3) is 0 Å². The Morgan fingerprint density at radius 3 is 2.67 bits per heavy atom. The van der Waals surface area contributed by atoms with E-state index in [1.165, 1.54) is 0 Å². The molecule has 6 heteroatoms. The van der Waals surface area contributed by atoms with Crippen molar-refractivity contribution < 1.29 is 22.7 Å². The van der Waals surface area contributed by atoms with Crippen LogP contribution in [0.15, 0.2) is 12.7 Å². The lowest BCUT2D eigenvalue weighted by atomic mass is 10.4. The van der Waals surface area contributed by atoms with Gasteiger partial charge >= 0.3 is 6.18 Å². The number of halogens is 3. The van der Waals surface area contributed by atoms with E-state index in [-0.39, 0.29) is 18.9 Å². The molecule has 0 aromatic carbocycles. The zero-order valence-electron chi connectivity index (χ0n) is 8.27. The van der Waals surface area contributed by atoms with Crippen molar-refractivity contribution >= 4 is 5.91 Å². The fraction of sp³-hybridized carbons (Fsp3) is 0.667. The number of carbonyl (C=O) groups excluding carboxylic acids is 1. The maximum absolute atomic E-state index is 11.6. The third-order valence-corrected chi connectivity index (χ3v) is 1.41. The summed E-state index contributed by atoms with van der Waals surface area (Å²) in [5, 5.41) is 2.51. The molecular weight excluding hydrogens is 211 g/mol. The van der Waals surface area contributed by atoms with Crippen molar-refractivity contribution in [1.82, 2.24) is 5.32 Å². The molecule has 88 valence electrons. The molecule has 1 amide bonds. The molecule has 0 fully saturated rings. The second-order valence-electron chi connectivity index (χ2n) is 2.85. The summed E-state index contributed by atoms with van der Waals surface area (Å²) in [7, 11) is 0. The lowest BCUT2D eigenvalue weighted by molar-refractivity contribution is -0.174. The molecule has 0 aliphatic rings. The third-order valence-electron chi connectivity index (χ3n) is 1.41. The van der Waals surface area contributed by atoms with Gasteiger partial charge in [0.2, 0.25) is 5.91 Å². The number of carbonyl (C=O) groups is 1. The second kappa shape index (κ2) is 7.28. The van der Waals surface area contributed by atoms with Crippen LogP contribution in [0.3, 0.4) is 0 Å². The molecule has 0 unspecified atom stereocenters. The molecule has 0 atom stereocenters. The quantitative estimate of drug-likeness (QED) is 0.528. The maximum Gasteiger partial charge on any atom is 0.411 e. The van der Waals surface area contributed by atoms with Crippen molar-refractivity contribution in [1.29, 1.82) is 0 Å². The van der Waals surface area contributed by atoms with E-state index in [9.17, 15) is 18.0 Å². The summed E-state index contributed by atoms with van der Waals surface area (Å²) in [4.78, 5) is 10.9. The maximum atomic E-state index is 11.6.